The van der Waals surface area contributed by atoms with Gasteiger partial charge >= 0.3 is 0 Å². The van der Waals surface area contributed by atoms with E-state index in [1.165, 1.54) is 0 Å². The third-order valence-electron chi connectivity index (χ3n) is 2.48. The smallest absolute Gasteiger partial charge is 0.133 e. The minimum Gasteiger partial charge on any atom is -0.496 e. The van der Waals surface area contributed by atoms with Gasteiger partial charge in [0.05, 0.1) is 11.6 Å². The lowest BCUT2D eigenvalue weighted by Gasteiger charge is -2.09. The molecule has 0 aliphatic carbocycles. The zero-order chi connectivity index (χ0) is 12.4. The van der Waals surface area contributed by atoms with Crippen molar-refractivity contribution in [2.45, 2.75) is 12.3 Å². The summed E-state index contributed by atoms with van der Waals surface area (Å²) >= 11 is 9.80. The van der Waals surface area contributed by atoms with Crippen LogP contribution < -0.4 is 4.74 Å². The van der Waals surface area contributed by atoms with Gasteiger partial charge in [-0.25, -0.2) is 0 Å². The second-order valence-electron chi connectivity index (χ2n) is 3.70. The largest absolute Gasteiger partial charge is 0.496 e. The molecule has 0 spiro atoms. The molecule has 0 bridgehead atoms. The van der Waals surface area contributed by atoms with Gasteiger partial charge in [0.2, 0.25) is 0 Å². The number of ether oxygens (including phenoxy) is 1. The first-order valence-corrected chi connectivity index (χ1v) is 6.38. The molecule has 0 saturated carbocycles. The minimum atomic E-state index is -0.286. The molecule has 17 heavy (non-hydrogen) atoms. The van der Waals surface area contributed by atoms with Crippen molar-refractivity contribution in [3.05, 3.63) is 51.9 Å². The van der Waals surface area contributed by atoms with Crippen LogP contribution >= 0.6 is 27.5 Å². The van der Waals surface area contributed by atoms with Gasteiger partial charge in [0.25, 0.3) is 0 Å². The van der Waals surface area contributed by atoms with Gasteiger partial charge in [-0.1, -0.05) is 6.07 Å². The van der Waals surface area contributed by atoms with Crippen molar-refractivity contribution in [3.8, 4) is 5.75 Å². The number of alkyl halides is 1. The fourth-order valence-electron chi connectivity index (χ4n) is 1.59. The average molecular weight is 316 g/mol. The van der Waals surface area contributed by atoms with Crippen LogP contribution in [-0.2, 0) is 0 Å². The lowest BCUT2D eigenvalue weighted by Crippen LogP contribution is -1.92. The van der Waals surface area contributed by atoms with Crippen molar-refractivity contribution in [2.24, 2.45) is 0 Å². The summed E-state index contributed by atoms with van der Waals surface area (Å²) in [6.07, 6.45) is 0. The van der Waals surface area contributed by atoms with Gasteiger partial charge < -0.3 is 9.15 Å². The second kappa shape index (κ2) is 5.15. The molecule has 0 aliphatic rings. The van der Waals surface area contributed by atoms with Crippen LogP contribution in [0.2, 0.25) is 0 Å². The maximum absolute atomic E-state index is 6.36. The summed E-state index contributed by atoms with van der Waals surface area (Å²) < 4.78 is 11.6. The van der Waals surface area contributed by atoms with Crippen molar-refractivity contribution in [1.29, 1.82) is 0 Å². The summed E-state index contributed by atoms with van der Waals surface area (Å²) in [5.74, 6) is 2.40. The van der Waals surface area contributed by atoms with Crippen molar-refractivity contribution in [3.63, 3.8) is 0 Å². The molecule has 2 rings (SSSR count). The normalized spacial score (nSPS) is 12.5. The average Bonchev–Trinajstić information content (AvgIpc) is 2.75. The summed E-state index contributed by atoms with van der Waals surface area (Å²) in [4.78, 5) is 0. The quantitative estimate of drug-likeness (QED) is 0.767. The van der Waals surface area contributed by atoms with E-state index >= 15 is 0 Å². The molecule has 0 amide bonds. The first-order valence-electron chi connectivity index (χ1n) is 5.15. The third kappa shape index (κ3) is 2.67. The van der Waals surface area contributed by atoms with Crippen LogP contribution in [0.15, 0.2) is 39.2 Å². The number of benzene rings is 1. The highest BCUT2D eigenvalue weighted by atomic mass is 79.9. The Kier molecular flexibility index (Phi) is 3.79. The van der Waals surface area contributed by atoms with Gasteiger partial charge in [-0.2, -0.15) is 0 Å². The molecule has 1 unspecified atom stereocenters. The van der Waals surface area contributed by atoms with Crippen molar-refractivity contribution >= 4 is 27.5 Å². The molecule has 1 heterocycles. The van der Waals surface area contributed by atoms with E-state index in [9.17, 15) is 0 Å². The second-order valence-corrected chi connectivity index (χ2v) is 5.00. The van der Waals surface area contributed by atoms with E-state index in [-0.39, 0.29) is 5.38 Å². The van der Waals surface area contributed by atoms with Crippen molar-refractivity contribution in [2.75, 3.05) is 7.11 Å². The number of aryl methyl sites for hydroxylation is 1. The van der Waals surface area contributed by atoms with E-state index < -0.39 is 0 Å². The first-order chi connectivity index (χ1) is 8.11. The fraction of sp³-hybridized carbons (Fsp3) is 0.231. The van der Waals surface area contributed by atoms with E-state index in [1.54, 1.807) is 7.11 Å². The van der Waals surface area contributed by atoms with Crippen LogP contribution in [0, 0.1) is 6.92 Å². The molecule has 4 heteroatoms. The van der Waals surface area contributed by atoms with Gasteiger partial charge in [0.1, 0.15) is 22.6 Å². The van der Waals surface area contributed by atoms with Gasteiger partial charge in [-0.05, 0) is 52.7 Å². The molecule has 0 N–H and O–H groups in total. The third-order valence-corrected chi connectivity index (χ3v) is 3.57. The summed E-state index contributed by atoms with van der Waals surface area (Å²) in [6, 6.07) is 9.55. The summed E-state index contributed by atoms with van der Waals surface area (Å²) in [5, 5.41) is -0.286. The molecule has 2 nitrogen and oxygen atoms in total. The van der Waals surface area contributed by atoms with Crippen LogP contribution in [0.1, 0.15) is 22.5 Å². The molecule has 0 saturated heterocycles. The van der Waals surface area contributed by atoms with Crippen LogP contribution in [0.5, 0.6) is 5.75 Å². The Bertz CT molecular complexity index is 522. The highest BCUT2D eigenvalue weighted by molar-refractivity contribution is 9.10. The molecule has 0 radical (unpaired) electrons. The van der Waals surface area contributed by atoms with Gasteiger partial charge in [0, 0.05) is 0 Å². The molecular formula is C13H12BrClO2. The number of halogens is 2. The Balaban J connectivity index is 2.31. The molecule has 0 aliphatic heterocycles. The van der Waals surface area contributed by atoms with Crippen molar-refractivity contribution in [1.82, 2.24) is 0 Å². The van der Waals surface area contributed by atoms with E-state index in [0.29, 0.717) is 0 Å². The van der Waals surface area contributed by atoms with Crippen LogP contribution in [0.4, 0.5) is 0 Å². The van der Waals surface area contributed by atoms with E-state index in [0.717, 1.165) is 27.3 Å². The molecule has 1 aromatic carbocycles. The predicted octanol–water partition coefficient (Wildman–Crippen LogP) is 4.69. The Morgan fingerprint density at radius 2 is 2.06 bits per heavy atom. The predicted molar refractivity (Wildman–Crippen MR) is 71.8 cm³/mol. The van der Waals surface area contributed by atoms with E-state index in [1.807, 2.05) is 37.3 Å². The molecule has 90 valence electrons. The first kappa shape index (κ1) is 12.5. The molecule has 0 fully saturated rings. The highest BCUT2D eigenvalue weighted by Gasteiger charge is 2.15. The number of hydrogen-bond acceptors (Lipinski definition) is 2. The maximum Gasteiger partial charge on any atom is 0.133 e. The number of hydrogen-bond donors (Lipinski definition) is 0. The topological polar surface area (TPSA) is 22.4 Å². The standard InChI is InChI=1S/C13H12BrClO2/c1-8-3-5-12(17-8)13(15)9-4-6-11(16-2)10(14)7-9/h3-7,13H,1-2H3. The Hall–Kier alpha value is -0.930. The summed E-state index contributed by atoms with van der Waals surface area (Å²) in [5.41, 5.74) is 0.966. The lowest BCUT2D eigenvalue weighted by molar-refractivity contribution is 0.412. The number of methoxy groups -OCH3 is 1. The molecule has 2 aromatic rings. The van der Waals surface area contributed by atoms with E-state index in [4.69, 9.17) is 20.8 Å². The number of furan rings is 1. The molecular weight excluding hydrogens is 303 g/mol. The minimum absolute atomic E-state index is 0.286. The highest BCUT2D eigenvalue weighted by Crippen LogP contribution is 2.34. The Labute approximate surface area is 114 Å². The molecule has 1 atom stereocenters. The summed E-state index contributed by atoms with van der Waals surface area (Å²) in [6.45, 7) is 1.90. The summed E-state index contributed by atoms with van der Waals surface area (Å²) in [7, 11) is 1.63. The van der Waals surface area contributed by atoms with E-state index in [2.05, 4.69) is 15.9 Å². The maximum atomic E-state index is 6.36. The lowest BCUT2D eigenvalue weighted by atomic mass is 10.1. The van der Waals surface area contributed by atoms with Crippen LogP contribution in [0.25, 0.3) is 0 Å². The molecule has 1 aromatic heterocycles. The van der Waals surface area contributed by atoms with Gasteiger partial charge in [-0.15, -0.1) is 11.6 Å². The zero-order valence-electron chi connectivity index (χ0n) is 9.54. The monoisotopic (exact) mass is 314 g/mol. The zero-order valence-corrected chi connectivity index (χ0v) is 11.9. The van der Waals surface area contributed by atoms with Gasteiger partial charge in [-0.3, -0.25) is 0 Å². The Morgan fingerprint density at radius 3 is 2.59 bits per heavy atom. The SMILES string of the molecule is COc1ccc(C(Cl)c2ccc(C)o2)cc1Br. The van der Waals surface area contributed by atoms with Crippen molar-refractivity contribution < 1.29 is 9.15 Å². The fourth-order valence-corrected chi connectivity index (χ4v) is 2.41. The Morgan fingerprint density at radius 1 is 1.29 bits per heavy atom. The van der Waals surface area contributed by atoms with Crippen LogP contribution in [0.3, 0.4) is 0 Å². The number of rotatable bonds is 3. The van der Waals surface area contributed by atoms with Gasteiger partial charge in [0.15, 0.2) is 0 Å². The van der Waals surface area contributed by atoms with Crippen LogP contribution in [-0.4, -0.2) is 7.11 Å².